The minimum atomic E-state index is -0.917. The zero-order chi connectivity index (χ0) is 20.4. The summed E-state index contributed by atoms with van der Waals surface area (Å²) in [4.78, 5) is 44.6. The van der Waals surface area contributed by atoms with Crippen molar-refractivity contribution < 1.29 is 14.7 Å². The zero-order valence-electron chi connectivity index (χ0n) is 16.0. The van der Waals surface area contributed by atoms with Crippen LogP contribution < -0.4 is 5.69 Å². The van der Waals surface area contributed by atoms with Crippen molar-refractivity contribution in [2.45, 2.75) is 39.7 Å². The van der Waals surface area contributed by atoms with Crippen molar-refractivity contribution in [1.29, 1.82) is 0 Å². The van der Waals surface area contributed by atoms with Gasteiger partial charge in [0, 0.05) is 29.3 Å². The lowest BCUT2D eigenvalue weighted by Crippen LogP contribution is -2.30. The Labute approximate surface area is 161 Å². The van der Waals surface area contributed by atoms with Crippen molar-refractivity contribution in [3.05, 3.63) is 69.9 Å². The Kier molecular flexibility index (Phi) is 5.41. The second kappa shape index (κ2) is 7.77. The van der Waals surface area contributed by atoms with E-state index in [-0.39, 0.29) is 12.1 Å². The van der Waals surface area contributed by atoms with E-state index in [1.165, 1.54) is 6.92 Å². The van der Waals surface area contributed by atoms with Crippen molar-refractivity contribution >= 4 is 11.7 Å². The summed E-state index contributed by atoms with van der Waals surface area (Å²) >= 11 is 0. The number of nitrogens with one attached hydrogen (secondary N) is 1. The van der Waals surface area contributed by atoms with Crippen molar-refractivity contribution in [2.24, 2.45) is 0 Å². The third-order valence-corrected chi connectivity index (χ3v) is 4.49. The number of benzene rings is 1. The van der Waals surface area contributed by atoms with Gasteiger partial charge in [0.2, 0.25) is 11.7 Å². The van der Waals surface area contributed by atoms with Crippen LogP contribution in [0.4, 0.5) is 0 Å². The minimum Gasteiger partial charge on any atom is -0.393 e. The molecule has 28 heavy (non-hydrogen) atoms. The molecule has 2 N–H and O–H groups in total. The van der Waals surface area contributed by atoms with Gasteiger partial charge in [-0.25, -0.2) is 14.3 Å². The summed E-state index contributed by atoms with van der Waals surface area (Å²) in [5, 5.41) is 9.49. The Bertz CT molecular complexity index is 1070. The van der Waals surface area contributed by atoms with Gasteiger partial charge in [-0.05, 0) is 44.5 Å². The maximum atomic E-state index is 13.1. The number of aryl methyl sites for hydroxylation is 2. The van der Waals surface area contributed by atoms with Gasteiger partial charge in [-0.2, -0.15) is 0 Å². The average molecular weight is 382 g/mol. The molecule has 1 atom stereocenters. The first-order chi connectivity index (χ1) is 13.3. The van der Waals surface area contributed by atoms with Crippen molar-refractivity contribution in [3.63, 3.8) is 0 Å². The zero-order valence-corrected chi connectivity index (χ0v) is 16.0. The van der Waals surface area contributed by atoms with Gasteiger partial charge in [0.25, 0.3) is 0 Å². The van der Waals surface area contributed by atoms with E-state index in [0.717, 1.165) is 16.1 Å². The van der Waals surface area contributed by atoms with Crippen LogP contribution in [0.2, 0.25) is 0 Å². The summed E-state index contributed by atoms with van der Waals surface area (Å²) in [6.45, 7) is 5.12. The number of nitrogens with zero attached hydrogens (tertiary/aromatic N) is 3. The van der Waals surface area contributed by atoms with E-state index in [4.69, 9.17) is 0 Å². The van der Waals surface area contributed by atoms with Crippen LogP contribution in [0.1, 0.15) is 52.6 Å². The van der Waals surface area contributed by atoms with Crippen LogP contribution in [0.15, 0.2) is 41.5 Å². The van der Waals surface area contributed by atoms with Crippen LogP contribution in [0.25, 0.3) is 5.69 Å². The molecule has 3 aromatic rings. The number of ketones is 1. The van der Waals surface area contributed by atoms with Crippen LogP contribution in [0.5, 0.6) is 0 Å². The first-order valence-corrected chi connectivity index (χ1v) is 9.03. The second-order valence-electron chi connectivity index (χ2n) is 6.61. The Morgan fingerprint density at radius 2 is 1.93 bits per heavy atom. The van der Waals surface area contributed by atoms with E-state index in [1.807, 2.05) is 17.7 Å². The van der Waals surface area contributed by atoms with Gasteiger partial charge in [-0.3, -0.25) is 9.59 Å². The highest BCUT2D eigenvalue weighted by Crippen LogP contribution is 2.17. The summed E-state index contributed by atoms with van der Waals surface area (Å²) in [5.74, 6) is -0.233. The number of aliphatic hydroxyl groups excluding tert-OH is 1. The molecule has 0 radical (unpaired) electrons. The maximum absolute atomic E-state index is 13.1. The molecular formula is C20H22N4O4. The third kappa shape index (κ3) is 3.59. The van der Waals surface area contributed by atoms with Gasteiger partial charge in [0.15, 0.2) is 0 Å². The molecule has 0 bridgehead atoms. The number of hydrogen-bond acceptors (Lipinski definition) is 5. The fourth-order valence-electron chi connectivity index (χ4n) is 3.12. The van der Waals surface area contributed by atoms with Gasteiger partial charge in [-0.1, -0.05) is 6.92 Å². The summed E-state index contributed by atoms with van der Waals surface area (Å²) in [5.41, 5.74) is 0.942. The lowest BCUT2D eigenvalue weighted by Gasteiger charge is -2.10. The van der Waals surface area contributed by atoms with Gasteiger partial charge in [0.05, 0.1) is 12.5 Å². The number of aliphatic hydroxyl groups is 1. The fourth-order valence-corrected chi connectivity index (χ4v) is 3.12. The molecule has 146 valence electrons. The normalized spacial score (nSPS) is 12.1. The first kappa shape index (κ1) is 19.5. The van der Waals surface area contributed by atoms with E-state index in [2.05, 4.69) is 9.97 Å². The topological polar surface area (TPSA) is 110 Å². The highest BCUT2D eigenvalue weighted by Gasteiger charge is 2.25. The molecule has 1 unspecified atom stereocenters. The number of imidazole rings is 2. The smallest absolute Gasteiger partial charge is 0.333 e. The molecule has 0 saturated heterocycles. The van der Waals surface area contributed by atoms with Crippen LogP contribution in [-0.4, -0.2) is 42.0 Å². The molecule has 3 rings (SSSR count). The van der Waals surface area contributed by atoms with Crippen LogP contribution in [-0.2, 0) is 6.42 Å². The van der Waals surface area contributed by atoms with Crippen LogP contribution in [0.3, 0.4) is 0 Å². The molecule has 0 saturated carbocycles. The second-order valence-corrected chi connectivity index (χ2v) is 6.61. The van der Waals surface area contributed by atoms with E-state index in [0.29, 0.717) is 17.7 Å². The number of carbonyl (C=O) groups excluding carboxylic acids is 2. The summed E-state index contributed by atoms with van der Waals surface area (Å²) in [6.07, 6.45) is 2.73. The lowest BCUT2D eigenvalue weighted by atomic mass is 10.0. The van der Waals surface area contributed by atoms with E-state index >= 15 is 0 Å². The molecule has 0 spiro atoms. The number of carbonyl (C=O) groups is 2. The molecule has 0 aliphatic rings. The van der Waals surface area contributed by atoms with Crippen LogP contribution >= 0.6 is 0 Å². The van der Waals surface area contributed by atoms with Crippen molar-refractivity contribution in [1.82, 2.24) is 19.1 Å². The third-order valence-electron chi connectivity index (χ3n) is 4.49. The molecule has 0 amide bonds. The molecule has 0 aliphatic heterocycles. The summed E-state index contributed by atoms with van der Waals surface area (Å²) in [6, 6.07) is 6.86. The predicted molar refractivity (Wildman–Crippen MR) is 103 cm³/mol. The quantitative estimate of drug-likeness (QED) is 0.633. The van der Waals surface area contributed by atoms with Gasteiger partial charge < -0.3 is 14.7 Å². The number of rotatable bonds is 6. The fraction of sp³-hybridized carbons (Fsp3) is 0.300. The van der Waals surface area contributed by atoms with Crippen LogP contribution in [0, 0.1) is 6.92 Å². The number of hydrogen-bond donors (Lipinski definition) is 2. The highest BCUT2D eigenvalue weighted by molar-refractivity contribution is 6.10. The van der Waals surface area contributed by atoms with Crippen molar-refractivity contribution in [2.75, 3.05) is 0 Å². The lowest BCUT2D eigenvalue weighted by molar-refractivity contribution is 0.0802. The molecule has 8 heteroatoms. The molecular weight excluding hydrogens is 360 g/mol. The summed E-state index contributed by atoms with van der Waals surface area (Å²) in [7, 11) is 0. The monoisotopic (exact) mass is 382 g/mol. The predicted octanol–water partition coefficient (Wildman–Crippen LogP) is 1.88. The number of aromatic nitrogens is 4. The van der Waals surface area contributed by atoms with E-state index in [9.17, 15) is 19.5 Å². The number of aromatic amines is 1. The molecule has 2 heterocycles. The Balaban J connectivity index is 2.01. The molecule has 8 nitrogen and oxygen atoms in total. The Hall–Kier alpha value is -3.26. The highest BCUT2D eigenvalue weighted by atomic mass is 16.3. The first-order valence-electron chi connectivity index (χ1n) is 9.03. The average Bonchev–Trinajstić information content (AvgIpc) is 3.23. The number of H-pyrrole nitrogens is 1. The molecule has 2 aromatic heterocycles. The van der Waals surface area contributed by atoms with Crippen molar-refractivity contribution in [3.8, 4) is 5.69 Å². The molecule has 1 aromatic carbocycles. The maximum Gasteiger partial charge on any atom is 0.333 e. The van der Waals surface area contributed by atoms with Gasteiger partial charge in [-0.15, -0.1) is 0 Å². The van der Waals surface area contributed by atoms with Gasteiger partial charge in [0.1, 0.15) is 11.5 Å². The molecule has 0 fully saturated rings. The van der Waals surface area contributed by atoms with Gasteiger partial charge >= 0.3 is 5.69 Å². The molecule has 0 aliphatic carbocycles. The minimum absolute atomic E-state index is 0.0183. The van der Waals surface area contributed by atoms with E-state index < -0.39 is 23.5 Å². The largest absolute Gasteiger partial charge is 0.393 e. The van der Waals surface area contributed by atoms with E-state index in [1.54, 1.807) is 37.4 Å². The standard InChI is InChI=1S/C20H22N4O4/c1-4-16-18(24(20(28)22-16)17(26)11-12(2)25)19(27)14-5-7-15(8-6-14)23-10-9-21-13(23)3/h5-10,12,25H,4,11H2,1-3H3,(H,22,28). The Morgan fingerprint density at radius 1 is 1.25 bits per heavy atom. The Morgan fingerprint density at radius 3 is 2.46 bits per heavy atom. The summed E-state index contributed by atoms with van der Waals surface area (Å²) < 4.78 is 2.71. The SMILES string of the molecule is CCc1[nH]c(=O)n(C(=O)CC(C)O)c1C(=O)c1ccc(-n2ccnc2C)cc1.